The van der Waals surface area contributed by atoms with E-state index in [0.717, 1.165) is 11.0 Å². The van der Waals surface area contributed by atoms with Crippen LogP contribution in [-0.2, 0) is 0 Å². The van der Waals surface area contributed by atoms with E-state index in [1.807, 2.05) is 24.6 Å². The van der Waals surface area contributed by atoms with E-state index in [1.165, 1.54) is 0 Å². The van der Waals surface area contributed by atoms with Crippen LogP contribution in [0.5, 0.6) is 0 Å². The molecule has 0 aliphatic rings. The molecule has 0 aliphatic carbocycles. The Kier molecular flexibility index (Phi) is 4.34. The standard InChI is InChI=1S/C17H18N6O2/c1-10(2)23-15-12(8-20-23)7-14(9-19-15)21-16(24)11-4-3-5-13(6-11)22-17(18)25/h3-10H,1-2H3,(H,21,24)(H3,18,22,25). The highest BCUT2D eigenvalue weighted by atomic mass is 16.2. The fourth-order valence-electron chi connectivity index (χ4n) is 2.47. The molecule has 3 aromatic rings. The second-order valence-corrected chi connectivity index (χ2v) is 5.84. The van der Waals surface area contributed by atoms with Gasteiger partial charge in [0.05, 0.1) is 18.1 Å². The number of carbonyl (C=O) groups excluding carboxylic acids is 2. The van der Waals surface area contributed by atoms with Crippen molar-refractivity contribution in [3.63, 3.8) is 0 Å². The maximum atomic E-state index is 12.4. The molecule has 0 radical (unpaired) electrons. The minimum Gasteiger partial charge on any atom is -0.351 e. The number of fused-ring (bicyclic) bond motifs is 1. The van der Waals surface area contributed by atoms with E-state index in [1.54, 1.807) is 36.7 Å². The number of nitrogens with two attached hydrogens (primary N) is 1. The van der Waals surface area contributed by atoms with Gasteiger partial charge in [-0.15, -0.1) is 0 Å². The number of urea groups is 1. The molecule has 0 spiro atoms. The number of amides is 3. The minimum atomic E-state index is -0.686. The van der Waals surface area contributed by atoms with Crippen molar-refractivity contribution in [2.45, 2.75) is 19.9 Å². The van der Waals surface area contributed by atoms with Crippen LogP contribution >= 0.6 is 0 Å². The van der Waals surface area contributed by atoms with E-state index < -0.39 is 6.03 Å². The summed E-state index contributed by atoms with van der Waals surface area (Å²) in [6.45, 7) is 4.05. The summed E-state index contributed by atoms with van der Waals surface area (Å²) in [5.74, 6) is -0.314. The van der Waals surface area contributed by atoms with Crippen molar-refractivity contribution in [1.29, 1.82) is 0 Å². The number of rotatable bonds is 4. The molecule has 8 heteroatoms. The molecule has 25 heavy (non-hydrogen) atoms. The number of hydrogen-bond acceptors (Lipinski definition) is 4. The van der Waals surface area contributed by atoms with Gasteiger partial charge in [0.15, 0.2) is 5.65 Å². The topological polar surface area (TPSA) is 115 Å². The molecule has 8 nitrogen and oxygen atoms in total. The number of hydrogen-bond donors (Lipinski definition) is 3. The SMILES string of the molecule is CC(C)n1ncc2cc(NC(=O)c3cccc(NC(N)=O)c3)cnc21. The van der Waals surface area contributed by atoms with Crippen LogP contribution in [0.25, 0.3) is 11.0 Å². The van der Waals surface area contributed by atoms with Crippen LogP contribution in [0.4, 0.5) is 16.2 Å². The van der Waals surface area contributed by atoms with Crippen molar-refractivity contribution in [2.75, 3.05) is 10.6 Å². The predicted octanol–water partition coefficient (Wildman–Crippen LogP) is 2.76. The first-order valence-corrected chi connectivity index (χ1v) is 7.75. The van der Waals surface area contributed by atoms with Gasteiger partial charge in [-0.25, -0.2) is 14.5 Å². The zero-order valence-electron chi connectivity index (χ0n) is 13.9. The van der Waals surface area contributed by atoms with Crippen molar-refractivity contribution >= 4 is 34.3 Å². The van der Waals surface area contributed by atoms with E-state index in [2.05, 4.69) is 20.7 Å². The number of primary amides is 1. The number of nitrogens with one attached hydrogen (secondary N) is 2. The maximum Gasteiger partial charge on any atom is 0.316 e. The molecule has 0 saturated heterocycles. The van der Waals surface area contributed by atoms with Crippen LogP contribution < -0.4 is 16.4 Å². The lowest BCUT2D eigenvalue weighted by Crippen LogP contribution is -2.19. The second kappa shape index (κ2) is 6.60. The van der Waals surface area contributed by atoms with E-state index in [9.17, 15) is 9.59 Å². The first-order chi connectivity index (χ1) is 11.9. The number of nitrogens with zero attached hydrogens (tertiary/aromatic N) is 3. The number of anilines is 2. The third-order valence-corrected chi connectivity index (χ3v) is 3.57. The predicted molar refractivity (Wildman–Crippen MR) is 95.5 cm³/mol. The molecule has 0 saturated carbocycles. The van der Waals surface area contributed by atoms with E-state index in [0.29, 0.717) is 16.9 Å². The lowest BCUT2D eigenvalue weighted by molar-refractivity contribution is 0.102. The third kappa shape index (κ3) is 3.57. The average Bonchev–Trinajstić information content (AvgIpc) is 2.98. The third-order valence-electron chi connectivity index (χ3n) is 3.57. The first-order valence-electron chi connectivity index (χ1n) is 7.75. The highest BCUT2D eigenvalue weighted by Gasteiger charge is 2.11. The van der Waals surface area contributed by atoms with Gasteiger partial charge in [-0.2, -0.15) is 5.10 Å². The smallest absolute Gasteiger partial charge is 0.316 e. The van der Waals surface area contributed by atoms with Gasteiger partial charge in [-0.05, 0) is 38.1 Å². The monoisotopic (exact) mass is 338 g/mol. The molecule has 0 fully saturated rings. The van der Waals surface area contributed by atoms with E-state index >= 15 is 0 Å². The summed E-state index contributed by atoms with van der Waals surface area (Å²) in [5.41, 5.74) is 7.26. The first kappa shape index (κ1) is 16.4. The minimum absolute atomic E-state index is 0.200. The molecule has 3 amide bonds. The normalized spacial score (nSPS) is 10.8. The van der Waals surface area contributed by atoms with E-state index in [4.69, 9.17) is 5.73 Å². The summed E-state index contributed by atoms with van der Waals surface area (Å²) in [7, 11) is 0. The van der Waals surface area contributed by atoms with Crippen molar-refractivity contribution < 1.29 is 9.59 Å². The molecule has 0 bridgehead atoms. The van der Waals surface area contributed by atoms with Gasteiger partial charge >= 0.3 is 6.03 Å². The number of benzene rings is 1. The molecule has 128 valence electrons. The molecule has 0 atom stereocenters. The van der Waals surface area contributed by atoms with Crippen LogP contribution in [0, 0.1) is 0 Å². The van der Waals surface area contributed by atoms with Crippen molar-refractivity contribution in [1.82, 2.24) is 14.8 Å². The van der Waals surface area contributed by atoms with Crippen LogP contribution in [0.15, 0.2) is 42.7 Å². The van der Waals surface area contributed by atoms with Gasteiger partial charge in [0.25, 0.3) is 5.91 Å². The molecular weight excluding hydrogens is 320 g/mol. The summed E-state index contributed by atoms with van der Waals surface area (Å²) >= 11 is 0. The lowest BCUT2D eigenvalue weighted by Gasteiger charge is -2.08. The number of pyridine rings is 1. The highest BCUT2D eigenvalue weighted by molar-refractivity contribution is 6.05. The van der Waals surface area contributed by atoms with E-state index in [-0.39, 0.29) is 11.9 Å². The fraction of sp³-hybridized carbons (Fsp3) is 0.176. The highest BCUT2D eigenvalue weighted by Crippen LogP contribution is 2.20. The van der Waals surface area contributed by atoms with Crippen molar-refractivity contribution in [3.8, 4) is 0 Å². The molecule has 0 aliphatic heterocycles. The molecule has 0 unspecified atom stereocenters. The Labute approximate surface area is 144 Å². The van der Waals surface area contributed by atoms with Gasteiger partial charge in [0.2, 0.25) is 0 Å². The van der Waals surface area contributed by atoms with Gasteiger partial charge in [-0.1, -0.05) is 6.07 Å². The second-order valence-electron chi connectivity index (χ2n) is 5.84. The Balaban J connectivity index is 1.81. The zero-order chi connectivity index (χ0) is 18.0. The maximum absolute atomic E-state index is 12.4. The van der Waals surface area contributed by atoms with Crippen LogP contribution in [0.2, 0.25) is 0 Å². The Morgan fingerprint density at radius 2 is 1.92 bits per heavy atom. The van der Waals surface area contributed by atoms with Crippen LogP contribution in [-0.4, -0.2) is 26.7 Å². The van der Waals surface area contributed by atoms with Crippen LogP contribution in [0.3, 0.4) is 0 Å². The summed E-state index contributed by atoms with van der Waals surface area (Å²) in [6.07, 6.45) is 3.31. The lowest BCUT2D eigenvalue weighted by atomic mass is 10.2. The molecule has 1 aromatic carbocycles. The quantitative estimate of drug-likeness (QED) is 0.678. The number of aromatic nitrogens is 3. The number of carbonyl (C=O) groups is 2. The van der Waals surface area contributed by atoms with Gasteiger partial charge in [0.1, 0.15) is 0 Å². The van der Waals surface area contributed by atoms with Crippen molar-refractivity contribution in [2.24, 2.45) is 5.73 Å². The summed E-state index contributed by atoms with van der Waals surface area (Å²) in [6, 6.07) is 7.83. The largest absolute Gasteiger partial charge is 0.351 e. The Morgan fingerprint density at radius 1 is 1.12 bits per heavy atom. The van der Waals surface area contributed by atoms with Gasteiger partial charge < -0.3 is 16.4 Å². The Bertz CT molecular complexity index is 947. The molecule has 2 aromatic heterocycles. The molecule has 4 N–H and O–H groups in total. The summed E-state index contributed by atoms with van der Waals surface area (Å²) < 4.78 is 1.82. The van der Waals surface area contributed by atoms with Gasteiger partial charge in [0, 0.05) is 22.7 Å². The van der Waals surface area contributed by atoms with Crippen LogP contribution in [0.1, 0.15) is 30.2 Å². The average molecular weight is 338 g/mol. The van der Waals surface area contributed by atoms with Gasteiger partial charge in [-0.3, -0.25) is 4.79 Å². The molecule has 2 heterocycles. The molecule has 3 rings (SSSR count). The Morgan fingerprint density at radius 3 is 2.64 bits per heavy atom. The molecular formula is C17H18N6O2. The fourth-order valence-corrected chi connectivity index (χ4v) is 2.47. The zero-order valence-corrected chi connectivity index (χ0v) is 13.9. The summed E-state index contributed by atoms with van der Waals surface area (Å²) in [4.78, 5) is 27.7. The van der Waals surface area contributed by atoms with Crippen molar-refractivity contribution in [3.05, 3.63) is 48.3 Å². The Hall–Kier alpha value is -3.42. The summed E-state index contributed by atoms with van der Waals surface area (Å²) in [5, 5.41) is 10.4.